The summed E-state index contributed by atoms with van der Waals surface area (Å²) in [6.07, 6.45) is 3.16. The van der Waals surface area contributed by atoms with Gasteiger partial charge in [0.1, 0.15) is 0 Å². The van der Waals surface area contributed by atoms with Crippen molar-refractivity contribution in [3.63, 3.8) is 0 Å². The van der Waals surface area contributed by atoms with Gasteiger partial charge in [-0.15, -0.1) is 0 Å². The molecule has 0 spiro atoms. The number of rotatable bonds is 3. The Kier molecular flexibility index (Phi) is 3.38. The number of nitrogens with zero attached hydrogens (tertiary/aromatic N) is 2. The van der Waals surface area contributed by atoms with E-state index in [9.17, 15) is 0 Å². The van der Waals surface area contributed by atoms with Crippen LogP contribution < -0.4 is 5.32 Å². The van der Waals surface area contributed by atoms with Gasteiger partial charge in [-0.05, 0) is 25.5 Å². The van der Waals surface area contributed by atoms with Gasteiger partial charge in [0.25, 0.3) is 0 Å². The van der Waals surface area contributed by atoms with Crippen LogP contribution in [0, 0.1) is 0 Å². The Hall–Kier alpha value is -0.870. The first kappa shape index (κ1) is 10.6. The highest BCUT2D eigenvalue weighted by Gasteiger charge is 2.18. The SMILES string of the molecule is Cn1nc([C@@H]2CCCNC2)cc1CCO. The molecule has 1 aliphatic rings. The molecule has 1 atom stereocenters. The van der Waals surface area contributed by atoms with Gasteiger partial charge in [-0.25, -0.2) is 0 Å². The highest BCUT2D eigenvalue weighted by atomic mass is 16.3. The summed E-state index contributed by atoms with van der Waals surface area (Å²) in [5.41, 5.74) is 2.30. The van der Waals surface area contributed by atoms with Crippen LogP contribution in [0.15, 0.2) is 6.07 Å². The van der Waals surface area contributed by atoms with Gasteiger partial charge >= 0.3 is 0 Å². The van der Waals surface area contributed by atoms with Gasteiger partial charge in [-0.1, -0.05) is 0 Å². The Labute approximate surface area is 90.3 Å². The fourth-order valence-corrected chi connectivity index (χ4v) is 2.18. The Bertz CT molecular complexity index is 316. The molecule has 0 bridgehead atoms. The highest BCUT2D eigenvalue weighted by molar-refractivity contribution is 5.15. The first-order valence-electron chi connectivity index (χ1n) is 5.65. The third-order valence-electron chi connectivity index (χ3n) is 3.08. The lowest BCUT2D eigenvalue weighted by Crippen LogP contribution is -2.28. The second-order valence-corrected chi connectivity index (χ2v) is 4.20. The van der Waals surface area contributed by atoms with Crippen LogP contribution >= 0.6 is 0 Å². The molecule has 1 aromatic heterocycles. The van der Waals surface area contributed by atoms with Crippen molar-refractivity contribution in [2.24, 2.45) is 7.05 Å². The van der Waals surface area contributed by atoms with E-state index in [1.54, 1.807) is 0 Å². The van der Waals surface area contributed by atoms with Crippen molar-refractivity contribution < 1.29 is 5.11 Å². The van der Waals surface area contributed by atoms with Crippen molar-refractivity contribution in [2.75, 3.05) is 19.7 Å². The summed E-state index contributed by atoms with van der Waals surface area (Å²) in [5, 5.41) is 16.8. The van der Waals surface area contributed by atoms with Gasteiger partial charge in [-0.3, -0.25) is 4.68 Å². The zero-order chi connectivity index (χ0) is 10.7. The monoisotopic (exact) mass is 209 g/mol. The van der Waals surface area contributed by atoms with Crippen molar-refractivity contribution in [3.8, 4) is 0 Å². The van der Waals surface area contributed by atoms with E-state index in [0.29, 0.717) is 12.3 Å². The van der Waals surface area contributed by atoms with Gasteiger partial charge in [0.15, 0.2) is 0 Å². The number of nitrogens with one attached hydrogen (secondary N) is 1. The lowest BCUT2D eigenvalue weighted by atomic mass is 9.96. The van der Waals surface area contributed by atoms with Crippen LogP contribution in [-0.2, 0) is 13.5 Å². The Morgan fingerprint density at radius 2 is 2.53 bits per heavy atom. The van der Waals surface area contributed by atoms with E-state index in [-0.39, 0.29) is 6.61 Å². The largest absolute Gasteiger partial charge is 0.396 e. The maximum absolute atomic E-state index is 8.91. The standard InChI is InChI=1S/C11H19N3O/c1-14-10(4-6-15)7-11(13-14)9-3-2-5-12-8-9/h7,9,12,15H,2-6,8H2,1H3/t9-/m1/s1. The third-order valence-corrected chi connectivity index (χ3v) is 3.08. The molecule has 0 unspecified atom stereocenters. The molecule has 1 aromatic rings. The van der Waals surface area contributed by atoms with E-state index in [2.05, 4.69) is 16.5 Å². The van der Waals surface area contributed by atoms with Crippen molar-refractivity contribution in [2.45, 2.75) is 25.2 Å². The molecule has 1 aliphatic heterocycles. The maximum Gasteiger partial charge on any atom is 0.0670 e. The van der Waals surface area contributed by atoms with Gasteiger partial charge < -0.3 is 10.4 Å². The predicted octanol–water partition coefficient (Wildman–Crippen LogP) is 0.422. The van der Waals surface area contributed by atoms with Crippen LogP contribution in [0.2, 0.25) is 0 Å². The number of aliphatic hydroxyl groups is 1. The minimum Gasteiger partial charge on any atom is -0.396 e. The average Bonchev–Trinajstić information content (AvgIpc) is 2.63. The van der Waals surface area contributed by atoms with Crippen molar-refractivity contribution >= 4 is 0 Å². The zero-order valence-corrected chi connectivity index (χ0v) is 9.24. The van der Waals surface area contributed by atoms with E-state index in [1.807, 2.05) is 11.7 Å². The molecule has 0 aliphatic carbocycles. The topological polar surface area (TPSA) is 50.1 Å². The predicted molar refractivity (Wildman–Crippen MR) is 58.8 cm³/mol. The molecule has 15 heavy (non-hydrogen) atoms. The molecule has 84 valence electrons. The lowest BCUT2D eigenvalue weighted by Gasteiger charge is -2.20. The molecule has 0 saturated carbocycles. The molecule has 0 amide bonds. The van der Waals surface area contributed by atoms with Crippen LogP contribution in [0.1, 0.15) is 30.1 Å². The number of piperidine rings is 1. The summed E-state index contributed by atoms with van der Waals surface area (Å²) < 4.78 is 1.89. The van der Waals surface area contributed by atoms with Crippen molar-refractivity contribution in [1.82, 2.24) is 15.1 Å². The molecule has 0 aromatic carbocycles. The minimum atomic E-state index is 0.196. The van der Waals surface area contributed by atoms with Gasteiger partial charge in [0.05, 0.1) is 5.69 Å². The minimum absolute atomic E-state index is 0.196. The molecule has 1 fully saturated rings. The van der Waals surface area contributed by atoms with Gasteiger partial charge in [-0.2, -0.15) is 5.10 Å². The summed E-state index contributed by atoms with van der Waals surface area (Å²) in [6, 6.07) is 2.13. The fourth-order valence-electron chi connectivity index (χ4n) is 2.18. The lowest BCUT2D eigenvalue weighted by molar-refractivity contribution is 0.296. The van der Waals surface area contributed by atoms with Crippen molar-refractivity contribution in [3.05, 3.63) is 17.5 Å². The number of aromatic nitrogens is 2. The first-order valence-corrected chi connectivity index (χ1v) is 5.65. The second kappa shape index (κ2) is 4.77. The summed E-state index contributed by atoms with van der Waals surface area (Å²) in [4.78, 5) is 0. The van der Waals surface area contributed by atoms with E-state index < -0.39 is 0 Å². The van der Waals surface area contributed by atoms with E-state index in [0.717, 1.165) is 18.8 Å². The summed E-state index contributed by atoms with van der Waals surface area (Å²) in [6.45, 7) is 2.37. The molecule has 4 heteroatoms. The van der Waals surface area contributed by atoms with E-state index in [1.165, 1.54) is 18.5 Å². The third kappa shape index (κ3) is 2.38. The van der Waals surface area contributed by atoms with Crippen LogP contribution in [0.3, 0.4) is 0 Å². The van der Waals surface area contributed by atoms with Crippen LogP contribution in [0.25, 0.3) is 0 Å². The van der Waals surface area contributed by atoms with Crippen LogP contribution in [-0.4, -0.2) is 34.6 Å². The number of hydrogen-bond acceptors (Lipinski definition) is 3. The second-order valence-electron chi connectivity index (χ2n) is 4.20. The summed E-state index contributed by atoms with van der Waals surface area (Å²) in [5.74, 6) is 0.553. The first-order chi connectivity index (χ1) is 7.31. The van der Waals surface area contributed by atoms with Crippen LogP contribution in [0.4, 0.5) is 0 Å². The summed E-state index contributed by atoms with van der Waals surface area (Å²) >= 11 is 0. The smallest absolute Gasteiger partial charge is 0.0670 e. The average molecular weight is 209 g/mol. The summed E-state index contributed by atoms with van der Waals surface area (Å²) in [7, 11) is 1.95. The maximum atomic E-state index is 8.91. The normalized spacial score (nSPS) is 21.9. The number of aliphatic hydroxyl groups excluding tert-OH is 1. The van der Waals surface area contributed by atoms with Crippen molar-refractivity contribution in [1.29, 1.82) is 0 Å². The van der Waals surface area contributed by atoms with E-state index >= 15 is 0 Å². The molecule has 2 rings (SSSR count). The van der Waals surface area contributed by atoms with E-state index in [4.69, 9.17) is 5.11 Å². The fraction of sp³-hybridized carbons (Fsp3) is 0.727. The Morgan fingerprint density at radius 3 is 3.20 bits per heavy atom. The molecule has 2 heterocycles. The molecule has 0 radical (unpaired) electrons. The van der Waals surface area contributed by atoms with Gasteiger partial charge in [0, 0.05) is 38.2 Å². The number of hydrogen-bond donors (Lipinski definition) is 2. The molecule has 2 N–H and O–H groups in total. The van der Waals surface area contributed by atoms with Gasteiger partial charge in [0.2, 0.25) is 0 Å². The number of aryl methyl sites for hydroxylation is 1. The molecular formula is C11H19N3O. The Balaban J connectivity index is 2.10. The Morgan fingerprint density at radius 1 is 1.67 bits per heavy atom. The molecular weight excluding hydrogens is 190 g/mol. The molecule has 4 nitrogen and oxygen atoms in total. The quantitative estimate of drug-likeness (QED) is 0.758. The van der Waals surface area contributed by atoms with Crippen LogP contribution in [0.5, 0.6) is 0 Å². The molecule has 1 saturated heterocycles. The zero-order valence-electron chi connectivity index (χ0n) is 9.24. The highest BCUT2D eigenvalue weighted by Crippen LogP contribution is 2.22.